The van der Waals surface area contributed by atoms with Crippen LogP contribution < -0.4 is 10.6 Å². The lowest BCUT2D eigenvalue weighted by molar-refractivity contribution is 0.219. The third-order valence-electron chi connectivity index (χ3n) is 4.45. The van der Waals surface area contributed by atoms with E-state index < -0.39 is 0 Å². The molecule has 1 atom stereocenters. The molecule has 0 saturated carbocycles. The van der Waals surface area contributed by atoms with Gasteiger partial charge < -0.3 is 15.5 Å². The smallest absolute Gasteiger partial charge is 0.191 e. The number of rotatable bonds is 10. The molecule has 0 spiro atoms. The van der Waals surface area contributed by atoms with Crippen molar-refractivity contribution in [3.63, 3.8) is 0 Å². The highest BCUT2D eigenvalue weighted by Gasteiger charge is 2.18. The highest BCUT2D eigenvalue weighted by atomic mass is 15.2. The summed E-state index contributed by atoms with van der Waals surface area (Å²) in [6, 6.07) is 11.0. The van der Waals surface area contributed by atoms with Gasteiger partial charge in [-0.2, -0.15) is 0 Å². The van der Waals surface area contributed by atoms with Gasteiger partial charge in [0.2, 0.25) is 0 Å². The Labute approximate surface area is 148 Å². The molecule has 0 bridgehead atoms. The van der Waals surface area contributed by atoms with Crippen LogP contribution in [0.2, 0.25) is 0 Å². The third-order valence-corrected chi connectivity index (χ3v) is 4.45. The van der Waals surface area contributed by atoms with Gasteiger partial charge in [-0.1, -0.05) is 51.1 Å². The van der Waals surface area contributed by atoms with E-state index in [2.05, 4.69) is 83.6 Å². The lowest BCUT2D eigenvalue weighted by Gasteiger charge is -2.31. The van der Waals surface area contributed by atoms with Gasteiger partial charge >= 0.3 is 0 Å². The van der Waals surface area contributed by atoms with E-state index in [1.165, 1.54) is 5.56 Å². The summed E-state index contributed by atoms with van der Waals surface area (Å²) in [7, 11) is 3.96. The van der Waals surface area contributed by atoms with Gasteiger partial charge in [0, 0.05) is 26.7 Å². The molecule has 0 aliphatic heterocycles. The van der Waals surface area contributed by atoms with E-state index in [0.717, 1.165) is 45.2 Å². The second-order valence-electron chi connectivity index (χ2n) is 5.92. The summed E-state index contributed by atoms with van der Waals surface area (Å²) < 4.78 is 0. The van der Waals surface area contributed by atoms with E-state index in [-0.39, 0.29) is 0 Å². The van der Waals surface area contributed by atoms with Gasteiger partial charge in [0.15, 0.2) is 5.96 Å². The topological polar surface area (TPSA) is 42.9 Å². The Balaban J connectivity index is 2.63. The molecule has 0 amide bonds. The monoisotopic (exact) mass is 333 g/mol. The molecular weight excluding hydrogens is 298 g/mol. The summed E-state index contributed by atoms with van der Waals surface area (Å²) in [6.45, 7) is 12.5. The molecule has 1 unspecified atom stereocenters. The number of hydrogen-bond acceptors (Lipinski definition) is 3. The lowest BCUT2D eigenvalue weighted by atomic mass is 10.1. The summed E-state index contributed by atoms with van der Waals surface area (Å²) in [5, 5.41) is 6.88. The highest BCUT2D eigenvalue weighted by Crippen LogP contribution is 2.19. The van der Waals surface area contributed by atoms with Crippen molar-refractivity contribution >= 4 is 5.96 Å². The Bertz CT molecular complexity index is 456. The van der Waals surface area contributed by atoms with Crippen LogP contribution in [0.15, 0.2) is 35.3 Å². The number of hydrogen-bond donors (Lipinski definition) is 2. The Morgan fingerprint density at radius 3 is 2.25 bits per heavy atom. The molecule has 136 valence electrons. The summed E-state index contributed by atoms with van der Waals surface area (Å²) in [6.07, 6.45) is 0. The van der Waals surface area contributed by atoms with Crippen molar-refractivity contribution in [2.24, 2.45) is 4.99 Å². The summed E-state index contributed by atoms with van der Waals surface area (Å²) in [5.41, 5.74) is 1.34. The molecule has 1 aromatic rings. The van der Waals surface area contributed by atoms with Crippen LogP contribution in [0.25, 0.3) is 0 Å². The zero-order valence-electron chi connectivity index (χ0n) is 16.0. The Morgan fingerprint density at radius 1 is 1.04 bits per heavy atom. The number of nitrogens with zero attached hydrogens (tertiary/aromatic N) is 3. The van der Waals surface area contributed by atoms with Crippen molar-refractivity contribution in [2.45, 2.75) is 26.8 Å². The minimum atomic E-state index is 0.345. The van der Waals surface area contributed by atoms with Crippen molar-refractivity contribution in [3.05, 3.63) is 35.9 Å². The van der Waals surface area contributed by atoms with E-state index >= 15 is 0 Å². The van der Waals surface area contributed by atoms with Crippen LogP contribution in [0.1, 0.15) is 32.4 Å². The largest absolute Gasteiger partial charge is 0.355 e. The van der Waals surface area contributed by atoms with Crippen LogP contribution in [0, 0.1) is 0 Å². The highest BCUT2D eigenvalue weighted by molar-refractivity contribution is 5.79. The molecule has 1 aromatic carbocycles. The SMILES string of the molecule is CCN(C)CCNC(=NC)NCC(c1ccccc1)N(CC)CC. The van der Waals surface area contributed by atoms with E-state index in [1.54, 1.807) is 0 Å². The Kier molecular flexibility index (Phi) is 10.1. The first-order valence-electron chi connectivity index (χ1n) is 9.08. The maximum Gasteiger partial charge on any atom is 0.191 e. The number of nitrogens with one attached hydrogen (secondary N) is 2. The van der Waals surface area contributed by atoms with Crippen LogP contribution in [0.4, 0.5) is 0 Å². The van der Waals surface area contributed by atoms with Gasteiger partial charge in [0.25, 0.3) is 0 Å². The minimum Gasteiger partial charge on any atom is -0.355 e. The molecule has 0 aliphatic rings. The molecule has 0 aromatic heterocycles. The zero-order valence-corrected chi connectivity index (χ0v) is 16.0. The number of aliphatic imine (C=N–C) groups is 1. The number of likely N-dealkylation sites (N-methyl/N-ethyl adjacent to an activating group) is 2. The molecule has 0 fully saturated rings. The first kappa shape index (κ1) is 20.5. The van der Waals surface area contributed by atoms with Gasteiger partial charge in [0.05, 0.1) is 6.04 Å². The molecule has 0 heterocycles. The predicted molar refractivity (Wildman–Crippen MR) is 105 cm³/mol. The molecular formula is C19H35N5. The van der Waals surface area contributed by atoms with Crippen LogP contribution in [-0.2, 0) is 0 Å². The molecule has 2 N–H and O–H groups in total. The summed E-state index contributed by atoms with van der Waals surface area (Å²) in [4.78, 5) is 9.10. The molecule has 0 radical (unpaired) electrons. The van der Waals surface area contributed by atoms with Crippen LogP contribution >= 0.6 is 0 Å². The molecule has 0 aliphatic carbocycles. The fourth-order valence-corrected chi connectivity index (χ4v) is 2.73. The van der Waals surface area contributed by atoms with Gasteiger partial charge in [0.1, 0.15) is 0 Å². The van der Waals surface area contributed by atoms with E-state index in [0.29, 0.717) is 6.04 Å². The summed E-state index contributed by atoms with van der Waals surface area (Å²) in [5.74, 6) is 0.868. The van der Waals surface area contributed by atoms with E-state index in [1.807, 2.05) is 7.05 Å². The second kappa shape index (κ2) is 11.9. The van der Waals surface area contributed by atoms with Gasteiger partial charge in [-0.3, -0.25) is 9.89 Å². The van der Waals surface area contributed by atoms with Gasteiger partial charge in [-0.25, -0.2) is 0 Å². The zero-order chi connectivity index (χ0) is 17.8. The normalized spacial score (nSPS) is 13.4. The van der Waals surface area contributed by atoms with Crippen molar-refractivity contribution < 1.29 is 0 Å². The molecule has 5 nitrogen and oxygen atoms in total. The average molecular weight is 334 g/mol. The van der Waals surface area contributed by atoms with Crippen molar-refractivity contribution in [3.8, 4) is 0 Å². The fourth-order valence-electron chi connectivity index (χ4n) is 2.73. The van der Waals surface area contributed by atoms with E-state index in [4.69, 9.17) is 0 Å². The average Bonchev–Trinajstić information content (AvgIpc) is 2.63. The quantitative estimate of drug-likeness (QED) is 0.509. The van der Waals surface area contributed by atoms with Crippen molar-refractivity contribution in [2.75, 3.05) is 53.4 Å². The fraction of sp³-hybridized carbons (Fsp3) is 0.632. The first-order valence-corrected chi connectivity index (χ1v) is 9.08. The first-order chi connectivity index (χ1) is 11.7. The Morgan fingerprint density at radius 2 is 1.71 bits per heavy atom. The number of guanidine groups is 1. The third kappa shape index (κ3) is 6.89. The van der Waals surface area contributed by atoms with Gasteiger partial charge in [-0.05, 0) is 32.2 Å². The predicted octanol–water partition coefficient (Wildman–Crippen LogP) is 2.19. The van der Waals surface area contributed by atoms with Crippen molar-refractivity contribution in [1.82, 2.24) is 20.4 Å². The van der Waals surface area contributed by atoms with Crippen molar-refractivity contribution in [1.29, 1.82) is 0 Å². The minimum absolute atomic E-state index is 0.345. The maximum absolute atomic E-state index is 4.34. The molecule has 0 saturated heterocycles. The molecule has 1 rings (SSSR count). The molecule has 5 heteroatoms. The van der Waals surface area contributed by atoms with Crippen LogP contribution in [0.3, 0.4) is 0 Å². The van der Waals surface area contributed by atoms with E-state index in [9.17, 15) is 0 Å². The second-order valence-corrected chi connectivity index (χ2v) is 5.92. The van der Waals surface area contributed by atoms with Gasteiger partial charge in [-0.15, -0.1) is 0 Å². The van der Waals surface area contributed by atoms with Crippen LogP contribution in [-0.4, -0.2) is 69.1 Å². The Hall–Kier alpha value is -1.59. The lowest BCUT2D eigenvalue weighted by Crippen LogP contribution is -2.44. The maximum atomic E-state index is 4.34. The standard InChI is InChI=1S/C19H35N5/c1-6-23(5)15-14-21-19(20-4)22-16-18(24(7-2)8-3)17-12-10-9-11-13-17/h9-13,18H,6-8,14-16H2,1-5H3,(H2,20,21,22). The van der Waals surface area contributed by atoms with Crippen LogP contribution in [0.5, 0.6) is 0 Å². The molecule has 24 heavy (non-hydrogen) atoms. The number of benzene rings is 1. The summed E-state index contributed by atoms with van der Waals surface area (Å²) >= 11 is 0.